The molecule has 6 heteroatoms. The van der Waals surface area contributed by atoms with Crippen LogP contribution in [0.2, 0.25) is 0 Å². The third kappa shape index (κ3) is 4.26. The minimum absolute atomic E-state index is 0.0201. The highest BCUT2D eigenvalue weighted by Gasteiger charge is 2.33. The van der Waals surface area contributed by atoms with E-state index in [4.69, 9.17) is 4.74 Å². The van der Waals surface area contributed by atoms with E-state index in [1.165, 1.54) is 5.56 Å². The first-order chi connectivity index (χ1) is 12.5. The number of piperazine rings is 1. The minimum Gasteiger partial charge on any atom is -0.497 e. The number of rotatable bonds is 6. The van der Waals surface area contributed by atoms with Crippen LogP contribution in [0.25, 0.3) is 0 Å². The third-order valence-electron chi connectivity index (χ3n) is 4.81. The van der Waals surface area contributed by atoms with Crippen LogP contribution in [0.1, 0.15) is 29.7 Å². The van der Waals surface area contributed by atoms with Crippen LogP contribution in [-0.2, 0) is 22.2 Å². The van der Waals surface area contributed by atoms with Gasteiger partial charge in [-0.1, -0.05) is 43.3 Å². The van der Waals surface area contributed by atoms with Crippen molar-refractivity contribution < 1.29 is 13.2 Å². The molecule has 26 heavy (non-hydrogen) atoms. The monoisotopic (exact) mass is 374 g/mol. The fourth-order valence-corrected chi connectivity index (χ4v) is 5.05. The van der Waals surface area contributed by atoms with Crippen molar-refractivity contribution in [3.8, 4) is 5.75 Å². The lowest BCUT2D eigenvalue weighted by Gasteiger charge is -2.35. The highest BCUT2D eigenvalue weighted by molar-refractivity contribution is 7.88. The Hall–Kier alpha value is -1.89. The summed E-state index contributed by atoms with van der Waals surface area (Å²) in [5.41, 5.74) is 3.02. The van der Waals surface area contributed by atoms with Gasteiger partial charge in [0.2, 0.25) is 10.0 Å². The summed E-state index contributed by atoms with van der Waals surface area (Å²) in [7, 11) is -1.85. The molecule has 3 rings (SSSR count). The summed E-state index contributed by atoms with van der Waals surface area (Å²) in [6.07, 6.45) is 0.973. The summed E-state index contributed by atoms with van der Waals surface area (Å²) in [6.45, 7) is 3.89. The lowest BCUT2D eigenvalue weighted by molar-refractivity contribution is 0.271. The van der Waals surface area contributed by atoms with Crippen molar-refractivity contribution in [1.29, 1.82) is 0 Å². The zero-order valence-corrected chi connectivity index (χ0v) is 16.1. The van der Waals surface area contributed by atoms with Gasteiger partial charge in [-0.15, -0.1) is 0 Å². The number of benzene rings is 2. The summed E-state index contributed by atoms with van der Waals surface area (Å²) in [6, 6.07) is 15.3. The lowest BCUT2D eigenvalue weighted by Crippen LogP contribution is -2.48. The van der Waals surface area contributed by atoms with Crippen LogP contribution in [0.4, 0.5) is 0 Å². The van der Waals surface area contributed by atoms with Crippen LogP contribution >= 0.6 is 0 Å². The fraction of sp³-hybridized carbons (Fsp3) is 0.400. The van der Waals surface area contributed by atoms with Gasteiger partial charge in [0.25, 0.3) is 0 Å². The molecular formula is C20H26N2O3S. The molecule has 2 aromatic carbocycles. The van der Waals surface area contributed by atoms with Gasteiger partial charge in [-0.3, -0.25) is 0 Å². The van der Waals surface area contributed by atoms with E-state index in [0.717, 1.165) is 17.5 Å². The van der Waals surface area contributed by atoms with Crippen molar-refractivity contribution in [3.63, 3.8) is 0 Å². The van der Waals surface area contributed by atoms with Crippen LogP contribution in [0.15, 0.2) is 48.5 Å². The molecule has 5 nitrogen and oxygen atoms in total. The average molecular weight is 375 g/mol. The Labute approximate surface area is 156 Å². The van der Waals surface area contributed by atoms with Gasteiger partial charge in [0.15, 0.2) is 0 Å². The van der Waals surface area contributed by atoms with Crippen molar-refractivity contribution in [3.05, 3.63) is 65.2 Å². The summed E-state index contributed by atoms with van der Waals surface area (Å²) in [5, 5.41) is 3.32. The largest absolute Gasteiger partial charge is 0.497 e. The van der Waals surface area contributed by atoms with Gasteiger partial charge in [-0.2, -0.15) is 4.31 Å². The molecule has 0 saturated carbocycles. The first kappa shape index (κ1) is 18.9. The van der Waals surface area contributed by atoms with E-state index < -0.39 is 10.0 Å². The minimum atomic E-state index is -3.44. The SMILES string of the molecule is CCc1ccc(C2CNCCN2S(=O)(=O)Cc2cccc(OC)c2)cc1. The van der Waals surface area contributed by atoms with Gasteiger partial charge in [0.05, 0.1) is 18.9 Å². The summed E-state index contributed by atoms with van der Waals surface area (Å²) < 4.78 is 33.1. The quantitative estimate of drug-likeness (QED) is 0.845. The molecule has 140 valence electrons. The number of hydrogen-bond acceptors (Lipinski definition) is 4. The van der Waals surface area contributed by atoms with E-state index in [9.17, 15) is 8.42 Å². The molecule has 1 aliphatic rings. The highest BCUT2D eigenvalue weighted by atomic mass is 32.2. The van der Waals surface area contributed by atoms with Crippen LogP contribution in [0.5, 0.6) is 5.75 Å². The fourth-order valence-electron chi connectivity index (χ4n) is 3.33. The van der Waals surface area contributed by atoms with Gasteiger partial charge in [0, 0.05) is 19.6 Å². The van der Waals surface area contributed by atoms with Crippen LogP contribution in [0.3, 0.4) is 0 Å². The molecule has 1 N–H and O–H groups in total. The molecule has 1 saturated heterocycles. The number of sulfonamides is 1. The molecule has 0 radical (unpaired) electrons. The Morgan fingerprint density at radius 2 is 1.92 bits per heavy atom. The van der Waals surface area contributed by atoms with E-state index in [1.54, 1.807) is 17.5 Å². The normalized spacial score (nSPS) is 18.6. The van der Waals surface area contributed by atoms with Crippen molar-refractivity contribution in [2.75, 3.05) is 26.7 Å². The summed E-state index contributed by atoms with van der Waals surface area (Å²) >= 11 is 0. The number of aryl methyl sites for hydroxylation is 1. The Morgan fingerprint density at radius 3 is 2.62 bits per heavy atom. The Kier molecular flexibility index (Phi) is 5.96. The first-order valence-corrected chi connectivity index (χ1v) is 10.6. The predicted molar refractivity (Wildman–Crippen MR) is 104 cm³/mol. The van der Waals surface area contributed by atoms with E-state index in [1.807, 2.05) is 30.3 Å². The Morgan fingerprint density at radius 1 is 1.15 bits per heavy atom. The number of nitrogens with zero attached hydrogens (tertiary/aromatic N) is 1. The second-order valence-corrected chi connectivity index (χ2v) is 8.46. The predicted octanol–water partition coefficient (Wildman–Crippen LogP) is 2.73. The highest BCUT2D eigenvalue weighted by Crippen LogP contribution is 2.28. The van der Waals surface area contributed by atoms with Crippen molar-refractivity contribution >= 4 is 10.0 Å². The average Bonchev–Trinajstić information content (AvgIpc) is 2.68. The number of ether oxygens (including phenoxy) is 1. The molecule has 0 aliphatic carbocycles. The number of methoxy groups -OCH3 is 1. The zero-order valence-electron chi connectivity index (χ0n) is 15.3. The maximum Gasteiger partial charge on any atom is 0.218 e. The topological polar surface area (TPSA) is 58.6 Å². The number of hydrogen-bond donors (Lipinski definition) is 1. The van der Waals surface area contributed by atoms with E-state index in [2.05, 4.69) is 24.4 Å². The Balaban J connectivity index is 1.85. The second kappa shape index (κ2) is 8.20. The molecule has 0 aromatic heterocycles. The molecule has 2 aromatic rings. The van der Waals surface area contributed by atoms with Gasteiger partial charge in [0.1, 0.15) is 5.75 Å². The molecule has 0 amide bonds. The lowest BCUT2D eigenvalue weighted by atomic mass is 10.0. The van der Waals surface area contributed by atoms with Gasteiger partial charge in [-0.05, 0) is 35.2 Å². The summed E-state index contributed by atoms with van der Waals surface area (Å²) in [4.78, 5) is 0. The maximum absolute atomic E-state index is 13.1. The van der Waals surface area contributed by atoms with Crippen molar-refractivity contribution in [1.82, 2.24) is 9.62 Å². The molecule has 1 heterocycles. The van der Waals surface area contributed by atoms with Gasteiger partial charge >= 0.3 is 0 Å². The molecule has 1 atom stereocenters. The van der Waals surface area contributed by atoms with Crippen LogP contribution in [-0.4, -0.2) is 39.5 Å². The first-order valence-electron chi connectivity index (χ1n) is 8.95. The maximum atomic E-state index is 13.1. The van der Waals surface area contributed by atoms with E-state index in [-0.39, 0.29) is 11.8 Å². The van der Waals surface area contributed by atoms with Crippen LogP contribution < -0.4 is 10.1 Å². The second-order valence-electron chi connectivity index (χ2n) is 6.53. The standard InChI is InChI=1S/C20H26N2O3S/c1-3-16-7-9-18(10-8-16)20-14-21-11-12-22(20)26(23,24)15-17-5-4-6-19(13-17)25-2/h4-10,13,20-21H,3,11-12,14-15H2,1-2H3. The molecule has 1 aliphatic heterocycles. The molecule has 1 unspecified atom stereocenters. The third-order valence-corrected chi connectivity index (χ3v) is 6.66. The molecule has 0 spiro atoms. The van der Waals surface area contributed by atoms with Gasteiger partial charge < -0.3 is 10.1 Å². The smallest absolute Gasteiger partial charge is 0.218 e. The molecular weight excluding hydrogens is 348 g/mol. The van der Waals surface area contributed by atoms with E-state index in [0.29, 0.717) is 25.4 Å². The zero-order chi connectivity index (χ0) is 18.6. The van der Waals surface area contributed by atoms with Gasteiger partial charge in [-0.25, -0.2) is 8.42 Å². The molecule has 0 bridgehead atoms. The van der Waals surface area contributed by atoms with Crippen molar-refractivity contribution in [2.24, 2.45) is 0 Å². The van der Waals surface area contributed by atoms with E-state index >= 15 is 0 Å². The number of nitrogens with one attached hydrogen (secondary N) is 1. The summed E-state index contributed by atoms with van der Waals surface area (Å²) in [5.74, 6) is 0.651. The van der Waals surface area contributed by atoms with Crippen molar-refractivity contribution in [2.45, 2.75) is 25.1 Å². The molecule has 1 fully saturated rings. The van der Waals surface area contributed by atoms with Crippen LogP contribution in [0, 0.1) is 0 Å². The Bertz CT molecular complexity index is 834.